The number of carbonyl (C=O) groups is 1. The Labute approximate surface area is 190 Å². The fourth-order valence-electron chi connectivity index (χ4n) is 3.40. The van der Waals surface area contributed by atoms with Crippen molar-refractivity contribution in [2.45, 2.75) is 45.9 Å². The Balaban J connectivity index is 2.03. The average molecular weight is 455 g/mol. The van der Waals surface area contributed by atoms with Crippen molar-refractivity contribution in [1.29, 1.82) is 0 Å². The third kappa shape index (κ3) is 5.68. The monoisotopic (exact) mass is 454 g/mol. The van der Waals surface area contributed by atoms with Gasteiger partial charge in [-0.3, -0.25) is 24.0 Å². The normalized spacial score (nSPS) is 11.7. The van der Waals surface area contributed by atoms with Gasteiger partial charge in [0.15, 0.2) is 11.8 Å². The van der Waals surface area contributed by atoms with Gasteiger partial charge >= 0.3 is 5.69 Å². The Bertz CT molecular complexity index is 1210. The van der Waals surface area contributed by atoms with Crippen LogP contribution in [0.4, 0.5) is 15.9 Å². The molecular formula is C24H27FN4O4. The molecule has 1 unspecified atom stereocenters. The summed E-state index contributed by atoms with van der Waals surface area (Å²) in [5, 5.41) is 0. The predicted octanol–water partition coefficient (Wildman–Crippen LogP) is 3.06. The summed E-state index contributed by atoms with van der Waals surface area (Å²) in [6.07, 6.45) is 0.468. The number of benzene rings is 2. The first-order chi connectivity index (χ1) is 15.8. The number of hydrogen-bond acceptors (Lipinski definition) is 5. The van der Waals surface area contributed by atoms with Crippen LogP contribution < -0.4 is 26.6 Å². The van der Waals surface area contributed by atoms with Crippen molar-refractivity contribution < 1.29 is 13.9 Å². The molecule has 0 spiro atoms. The standard InChI is InChI=1S/C24H27FN4O4/c1-3-4-14-28-21(26)20(22(30)27-24(28)32)29(15-17-8-6-5-7-9-17)23(31)16(2)33-19-12-10-18(25)11-13-19/h5-13,16H,3-4,14-15,26H2,1-2H3,(H,27,30,32). The van der Waals surface area contributed by atoms with Crippen LogP contribution in [0.15, 0.2) is 64.2 Å². The third-order valence-electron chi connectivity index (χ3n) is 5.14. The van der Waals surface area contributed by atoms with Crippen LogP contribution in [0.5, 0.6) is 5.75 Å². The summed E-state index contributed by atoms with van der Waals surface area (Å²) in [7, 11) is 0. The van der Waals surface area contributed by atoms with Gasteiger partial charge in [0.05, 0.1) is 6.54 Å². The highest BCUT2D eigenvalue weighted by Gasteiger charge is 2.29. The number of hydrogen-bond donors (Lipinski definition) is 2. The summed E-state index contributed by atoms with van der Waals surface area (Å²) in [5.41, 5.74) is 5.50. The zero-order chi connectivity index (χ0) is 24.0. The van der Waals surface area contributed by atoms with E-state index in [4.69, 9.17) is 10.5 Å². The fraction of sp³-hybridized carbons (Fsp3) is 0.292. The molecule has 1 aromatic heterocycles. The molecule has 9 heteroatoms. The van der Waals surface area contributed by atoms with E-state index < -0.39 is 29.1 Å². The molecule has 0 aliphatic heterocycles. The zero-order valence-electron chi connectivity index (χ0n) is 18.6. The predicted molar refractivity (Wildman–Crippen MR) is 125 cm³/mol. The number of halogens is 1. The van der Waals surface area contributed by atoms with Crippen LogP contribution in [0.25, 0.3) is 0 Å². The molecule has 0 fully saturated rings. The quantitative estimate of drug-likeness (QED) is 0.516. The molecule has 2 aromatic carbocycles. The van der Waals surface area contributed by atoms with Gasteiger partial charge in [0.25, 0.3) is 11.5 Å². The molecule has 0 aliphatic rings. The van der Waals surface area contributed by atoms with Crippen LogP contribution in [0.2, 0.25) is 0 Å². The number of nitrogen functional groups attached to an aromatic ring is 1. The Morgan fingerprint density at radius 2 is 1.82 bits per heavy atom. The molecule has 0 bridgehead atoms. The van der Waals surface area contributed by atoms with Gasteiger partial charge in [-0.1, -0.05) is 43.7 Å². The molecule has 0 saturated carbocycles. The molecular weight excluding hydrogens is 427 g/mol. The Hall–Kier alpha value is -3.88. The van der Waals surface area contributed by atoms with E-state index in [2.05, 4.69) is 4.98 Å². The molecule has 0 radical (unpaired) electrons. The zero-order valence-corrected chi connectivity index (χ0v) is 18.6. The number of H-pyrrole nitrogens is 1. The number of unbranched alkanes of at least 4 members (excludes halogenated alkanes) is 1. The topological polar surface area (TPSA) is 110 Å². The maximum absolute atomic E-state index is 13.5. The van der Waals surface area contributed by atoms with Gasteiger partial charge in [-0.2, -0.15) is 0 Å². The highest BCUT2D eigenvalue weighted by Crippen LogP contribution is 2.22. The van der Waals surface area contributed by atoms with Gasteiger partial charge < -0.3 is 10.5 Å². The molecule has 3 rings (SSSR count). The second-order valence-electron chi connectivity index (χ2n) is 7.62. The van der Waals surface area contributed by atoms with Crippen molar-refractivity contribution in [3.05, 3.63) is 86.8 Å². The third-order valence-corrected chi connectivity index (χ3v) is 5.14. The van der Waals surface area contributed by atoms with E-state index in [0.29, 0.717) is 18.7 Å². The SMILES string of the molecule is CCCCn1c(N)c(N(Cc2ccccc2)C(=O)C(C)Oc2ccc(F)cc2)c(=O)[nH]c1=O. The first-order valence-electron chi connectivity index (χ1n) is 10.7. The number of aromatic amines is 1. The Morgan fingerprint density at radius 1 is 1.15 bits per heavy atom. The molecule has 1 amide bonds. The molecule has 1 heterocycles. The van der Waals surface area contributed by atoms with E-state index in [1.165, 1.54) is 40.7 Å². The second kappa shape index (κ2) is 10.6. The minimum atomic E-state index is -1.02. The number of nitrogens with zero attached hydrogens (tertiary/aromatic N) is 2. The minimum absolute atomic E-state index is 0.0378. The van der Waals surface area contributed by atoms with E-state index in [-0.39, 0.29) is 18.1 Å². The number of nitrogens with two attached hydrogens (primary N) is 1. The van der Waals surface area contributed by atoms with Gasteiger partial charge in [0.2, 0.25) is 0 Å². The van der Waals surface area contributed by atoms with Crippen LogP contribution in [-0.2, 0) is 17.9 Å². The second-order valence-corrected chi connectivity index (χ2v) is 7.62. The number of aromatic nitrogens is 2. The van der Waals surface area contributed by atoms with Gasteiger partial charge in [0.1, 0.15) is 17.4 Å². The van der Waals surface area contributed by atoms with E-state index in [1.54, 1.807) is 0 Å². The smallest absolute Gasteiger partial charge is 0.330 e. The highest BCUT2D eigenvalue weighted by molar-refractivity contribution is 5.98. The lowest BCUT2D eigenvalue weighted by Crippen LogP contribution is -2.45. The number of amides is 1. The summed E-state index contributed by atoms with van der Waals surface area (Å²) in [4.78, 5) is 42.1. The van der Waals surface area contributed by atoms with Gasteiger partial charge in [-0.25, -0.2) is 9.18 Å². The molecule has 0 saturated heterocycles. The van der Waals surface area contributed by atoms with Crippen molar-refractivity contribution in [1.82, 2.24) is 9.55 Å². The number of anilines is 2. The first-order valence-corrected chi connectivity index (χ1v) is 10.7. The van der Waals surface area contributed by atoms with Crippen LogP contribution in [0, 0.1) is 5.82 Å². The fourth-order valence-corrected chi connectivity index (χ4v) is 3.40. The number of rotatable bonds is 9. The minimum Gasteiger partial charge on any atom is -0.481 e. The summed E-state index contributed by atoms with van der Waals surface area (Å²) >= 11 is 0. The summed E-state index contributed by atoms with van der Waals surface area (Å²) in [6, 6.07) is 14.3. The van der Waals surface area contributed by atoms with E-state index >= 15 is 0 Å². The van der Waals surface area contributed by atoms with E-state index in [9.17, 15) is 18.8 Å². The molecule has 1 atom stereocenters. The van der Waals surface area contributed by atoms with Crippen LogP contribution in [0.3, 0.4) is 0 Å². The summed E-state index contributed by atoms with van der Waals surface area (Å²) < 4.78 is 20.2. The first kappa shape index (κ1) is 23.8. The molecule has 3 aromatic rings. The molecule has 8 nitrogen and oxygen atoms in total. The Morgan fingerprint density at radius 3 is 2.45 bits per heavy atom. The van der Waals surface area contributed by atoms with Gasteiger partial charge in [0, 0.05) is 6.54 Å². The van der Waals surface area contributed by atoms with Crippen molar-refractivity contribution in [2.24, 2.45) is 0 Å². The average Bonchev–Trinajstić information content (AvgIpc) is 2.79. The summed E-state index contributed by atoms with van der Waals surface area (Å²) in [6.45, 7) is 3.84. The largest absolute Gasteiger partial charge is 0.481 e. The maximum Gasteiger partial charge on any atom is 0.330 e. The van der Waals surface area contributed by atoms with Crippen molar-refractivity contribution in [3.8, 4) is 5.75 Å². The van der Waals surface area contributed by atoms with E-state index in [0.717, 1.165) is 12.0 Å². The lowest BCUT2D eigenvalue weighted by Gasteiger charge is -2.27. The summed E-state index contributed by atoms with van der Waals surface area (Å²) in [5.74, 6) is -0.760. The lowest BCUT2D eigenvalue weighted by atomic mass is 10.2. The van der Waals surface area contributed by atoms with Gasteiger partial charge in [-0.15, -0.1) is 0 Å². The van der Waals surface area contributed by atoms with Crippen LogP contribution in [0.1, 0.15) is 32.3 Å². The van der Waals surface area contributed by atoms with Crippen molar-refractivity contribution >= 4 is 17.4 Å². The molecule has 33 heavy (non-hydrogen) atoms. The Kier molecular flexibility index (Phi) is 7.66. The lowest BCUT2D eigenvalue weighted by molar-refractivity contribution is -0.124. The highest BCUT2D eigenvalue weighted by atomic mass is 19.1. The maximum atomic E-state index is 13.5. The number of nitrogens with one attached hydrogen (secondary N) is 1. The van der Waals surface area contributed by atoms with Crippen LogP contribution >= 0.6 is 0 Å². The molecule has 3 N–H and O–H groups in total. The van der Waals surface area contributed by atoms with Gasteiger partial charge in [-0.05, 0) is 43.2 Å². The number of carbonyl (C=O) groups excluding carboxylic acids is 1. The van der Waals surface area contributed by atoms with Crippen molar-refractivity contribution in [3.63, 3.8) is 0 Å². The van der Waals surface area contributed by atoms with Crippen LogP contribution in [-0.4, -0.2) is 21.6 Å². The van der Waals surface area contributed by atoms with E-state index in [1.807, 2.05) is 37.3 Å². The molecule has 0 aliphatic carbocycles. The van der Waals surface area contributed by atoms with Crippen molar-refractivity contribution in [2.75, 3.05) is 10.6 Å². The molecule has 174 valence electrons. The number of ether oxygens (including phenoxy) is 1.